The summed E-state index contributed by atoms with van der Waals surface area (Å²) in [5.41, 5.74) is 0.681. The van der Waals surface area contributed by atoms with Crippen LogP contribution in [0.5, 0.6) is 0 Å². The van der Waals surface area contributed by atoms with Gasteiger partial charge in [-0.3, -0.25) is 0 Å². The number of rotatable bonds is 2. The van der Waals surface area contributed by atoms with Crippen molar-refractivity contribution in [1.29, 1.82) is 0 Å². The minimum atomic E-state index is 0.681. The molecule has 0 radical (unpaired) electrons. The van der Waals surface area contributed by atoms with Crippen molar-refractivity contribution < 1.29 is 4.74 Å². The molecule has 1 aliphatic heterocycles. The summed E-state index contributed by atoms with van der Waals surface area (Å²) in [4.78, 5) is 0. The molecule has 3 rings (SSSR count). The maximum Gasteiger partial charge on any atom is 0.0471 e. The molecule has 0 amide bonds. The molecule has 2 saturated carbocycles. The minimum absolute atomic E-state index is 0.681. The van der Waals surface area contributed by atoms with Gasteiger partial charge in [-0.05, 0) is 37.5 Å². The third-order valence-corrected chi connectivity index (χ3v) is 3.69. The second kappa shape index (κ2) is 2.46. The molecule has 3 aliphatic rings. The zero-order chi connectivity index (χ0) is 8.02. The van der Waals surface area contributed by atoms with Gasteiger partial charge in [0.1, 0.15) is 0 Å². The predicted octanol–water partition coefficient (Wildman–Crippen LogP) is 1.31. The first-order chi connectivity index (χ1) is 5.89. The summed E-state index contributed by atoms with van der Waals surface area (Å²) in [7, 11) is 0. The molecule has 0 aromatic rings. The van der Waals surface area contributed by atoms with Crippen molar-refractivity contribution in [3.05, 3.63) is 0 Å². The van der Waals surface area contributed by atoms with Gasteiger partial charge in [-0.1, -0.05) is 0 Å². The largest absolute Gasteiger partial charge is 0.381 e. The second-order valence-electron chi connectivity index (χ2n) is 4.67. The lowest BCUT2D eigenvalue weighted by Gasteiger charge is -2.22. The monoisotopic (exact) mass is 167 g/mol. The van der Waals surface area contributed by atoms with E-state index in [4.69, 9.17) is 4.74 Å². The van der Waals surface area contributed by atoms with E-state index in [1.807, 2.05) is 0 Å². The predicted molar refractivity (Wildman–Crippen MR) is 47.0 cm³/mol. The van der Waals surface area contributed by atoms with Gasteiger partial charge >= 0.3 is 0 Å². The molecule has 1 N–H and O–H groups in total. The Morgan fingerprint density at radius 1 is 1.17 bits per heavy atom. The van der Waals surface area contributed by atoms with E-state index >= 15 is 0 Å². The van der Waals surface area contributed by atoms with E-state index in [1.165, 1.54) is 32.1 Å². The van der Waals surface area contributed by atoms with E-state index in [0.717, 1.165) is 25.3 Å². The molecular weight excluding hydrogens is 150 g/mol. The Kier molecular flexibility index (Phi) is 1.50. The van der Waals surface area contributed by atoms with Crippen molar-refractivity contribution in [3.8, 4) is 0 Å². The molecule has 2 nitrogen and oxygen atoms in total. The van der Waals surface area contributed by atoms with Crippen LogP contribution in [0.3, 0.4) is 0 Å². The fraction of sp³-hybridized carbons (Fsp3) is 1.00. The summed E-state index contributed by atoms with van der Waals surface area (Å²) in [5.74, 6) is 0. The third-order valence-electron chi connectivity index (χ3n) is 3.69. The van der Waals surface area contributed by atoms with Crippen LogP contribution in [0.25, 0.3) is 0 Å². The summed E-state index contributed by atoms with van der Waals surface area (Å²) in [6.45, 7) is 2.01. The number of nitrogens with one attached hydrogen (secondary N) is 1. The fourth-order valence-electron chi connectivity index (χ4n) is 2.45. The average Bonchev–Trinajstić information content (AvgIpc) is 2.97. The molecule has 2 aliphatic carbocycles. The highest BCUT2D eigenvalue weighted by atomic mass is 16.5. The Bertz CT molecular complexity index is 182. The molecule has 12 heavy (non-hydrogen) atoms. The van der Waals surface area contributed by atoms with E-state index < -0.39 is 0 Å². The fourth-order valence-corrected chi connectivity index (χ4v) is 2.45. The number of hydrogen-bond acceptors (Lipinski definition) is 2. The molecule has 0 aromatic carbocycles. The van der Waals surface area contributed by atoms with E-state index in [0.29, 0.717) is 5.41 Å². The molecule has 1 unspecified atom stereocenters. The Hall–Kier alpha value is -0.0800. The van der Waals surface area contributed by atoms with Gasteiger partial charge in [-0.15, -0.1) is 0 Å². The zero-order valence-corrected chi connectivity index (χ0v) is 7.51. The van der Waals surface area contributed by atoms with Crippen LogP contribution in [0.4, 0.5) is 0 Å². The van der Waals surface area contributed by atoms with Crippen molar-refractivity contribution in [2.45, 2.75) is 44.2 Å². The van der Waals surface area contributed by atoms with Crippen LogP contribution in [-0.2, 0) is 4.74 Å². The standard InChI is InChI=1S/C10H17NO/c1-2-8(1)11-9-7-10(9)3-5-12-6-4-10/h8-9,11H,1-7H2. The molecule has 1 spiro atoms. The molecule has 3 fully saturated rings. The highest BCUT2D eigenvalue weighted by molar-refractivity contribution is 5.10. The molecule has 1 atom stereocenters. The lowest BCUT2D eigenvalue weighted by atomic mass is 9.96. The average molecular weight is 167 g/mol. The SMILES string of the molecule is C1CC2(CCO1)CC2NC1CC1. The van der Waals surface area contributed by atoms with E-state index in [1.54, 1.807) is 0 Å². The van der Waals surface area contributed by atoms with Crippen LogP contribution in [0.1, 0.15) is 32.1 Å². The Labute approximate surface area is 73.7 Å². The summed E-state index contributed by atoms with van der Waals surface area (Å²) in [5, 5.41) is 3.73. The minimum Gasteiger partial charge on any atom is -0.381 e. The van der Waals surface area contributed by atoms with Gasteiger partial charge in [0.15, 0.2) is 0 Å². The van der Waals surface area contributed by atoms with E-state index in [-0.39, 0.29) is 0 Å². The van der Waals surface area contributed by atoms with Crippen molar-refractivity contribution in [1.82, 2.24) is 5.32 Å². The molecule has 1 saturated heterocycles. The van der Waals surface area contributed by atoms with Gasteiger partial charge in [0, 0.05) is 25.3 Å². The van der Waals surface area contributed by atoms with Crippen molar-refractivity contribution in [3.63, 3.8) is 0 Å². The normalized spacial score (nSPS) is 38.5. The Morgan fingerprint density at radius 2 is 1.92 bits per heavy atom. The quantitative estimate of drug-likeness (QED) is 0.669. The molecular formula is C10H17NO. The molecule has 1 heterocycles. The Balaban J connectivity index is 1.56. The highest BCUT2D eigenvalue weighted by Gasteiger charge is 2.55. The van der Waals surface area contributed by atoms with Gasteiger partial charge in [-0.25, -0.2) is 0 Å². The number of ether oxygens (including phenoxy) is 1. The van der Waals surface area contributed by atoms with Gasteiger partial charge in [0.05, 0.1) is 0 Å². The van der Waals surface area contributed by atoms with E-state index in [2.05, 4.69) is 5.32 Å². The van der Waals surface area contributed by atoms with Crippen LogP contribution in [0, 0.1) is 5.41 Å². The molecule has 0 aromatic heterocycles. The highest BCUT2D eigenvalue weighted by Crippen LogP contribution is 2.54. The summed E-state index contributed by atoms with van der Waals surface area (Å²) in [6, 6.07) is 1.74. The van der Waals surface area contributed by atoms with Crippen LogP contribution in [0.15, 0.2) is 0 Å². The lowest BCUT2D eigenvalue weighted by Crippen LogP contribution is -2.28. The Morgan fingerprint density at radius 3 is 2.58 bits per heavy atom. The maximum atomic E-state index is 5.39. The van der Waals surface area contributed by atoms with Crippen molar-refractivity contribution >= 4 is 0 Å². The first-order valence-corrected chi connectivity index (χ1v) is 5.23. The topological polar surface area (TPSA) is 21.3 Å². The van der Waals surface area contributed by atoms with Gasteiger partial charge in [0.25, 0.3) is 0 Å². The zero-order valence-electron chi connectivity index (χ0n) is 7.51. The molecule has 68 valence electrons. The first kappa shape index (κ1) is 7.34. The lowest BCUT2D eigenvalue weighted by molar-refractivity contribution is 0.0542. The molecule has 2 heteroatoms. The van der Waals surface area contributed by atoms with Crippen LogP contribution in [-0.4, -0.2) is 25.3 Å². The van der Waals surface area contributed by atoms with E-state index in [9.17, 15) is 0 Å². The summed E-state index contributed by atoms with van der Waals surface area (Å²) >= 11 is 0. The maximum absolute atomic E-state index is 5.39. The van der Waals surface area contributed by atoms with Crippen LogP contribution in [0.2, 0.25) is 0 Å². The van der Waals surface area contributed by atoms with Gasteiger partial charge < -0.3 is 10.1 Å². The third kappa shape index (κ3) is 1.17. The summed E-state index contributed by atoms with van der Waals surface area (Å²) in [6.07, 6.45) is 6.87. The van der Waals surface area contributed by atoms with Crippen molar-refractivity contribution in [2.24, 2.45) is 5.41 Å². The summed E-state index contributed by atoms with van der Waals surface area (Å²) < 4.78 is 5.39. The number of hydrogen-bond donors (Lipinski definition) is 1. The van der Waals surface area contributed by atoms with Gasteiger partial charge in [0.2, 0.25) is 0 Å². The second-order valence-corrected chi connectivity index (χ2v) is 4.67. The van der Waals surface area contributed by atoms with Gasteiger partial charge in [-0.2, -0.15) is 0 Å². The van der Waals surface area contributed by atoms with Crippen molar-refractivity contribution in [2.75, 3.05) is 13.2 Å². The van der Waals surface area contributed by atoms with Crippen LogP contribution < -0.4 is 5.32 Å². The molecule has 0 bridgehead atoms. The smallest absolute Gasteiger partial charge is 0.0471 e. The first-order valence-electron chi connectivity index (χ1n) is 5.23. The van der Waals surface area contributed by atoms with Crippen LogP contribution >= 0.6 is 0 Å².